The highest BCUT2D eigenvalue weighted by Crippen LogP contribution is 2.36. The zero-order chi connectivity index (χ0) is 15.1. The van der Waals surface area contributed by atoms with Crippen LogP contribution < -0.4 is 5.32 Å². The molecule has 0 aliphatic carbocycles. The Morgan fingerprint density at radius 3 is 2.86 bits per heavy atom. The van der Waals surface area contributed by atoms with Crippen LogP contribution in [0.4, 0.5) is 4.39 Å². The topological polar surface area (TPSA) is 47.0 Å². The molecule has 0 amide bonds. The first kappa shape index (κ1) is 16.7. The summed E-state index contributed by atoms with van der Waals surface area (Å²) in [5.41, 5.74) is 0.914. The average molecular weight is 345 g/mol. The van der Waals surface area contributed by atoms with E-state index in [9.17, 15) is 4.39 Å². The van der Waals surface area contributed by atoms with Gasteiger partial charge < -0.3 is 10.1 Å². The molecule has 2 aromatic rings. The molecule has 114 valence electrons. The fourth-order valence-electron chi connectivity index (χ4n) is 1.61. The normalized spacial score (nSPS) is 11.0. The number of halogens is 1. The number of nitrogens with zero attached hydrogens (tertiary/aromatic N) is 2. The van der Waals surface area contributed by atoms with Crippen molar-refractivity contribution >= 4 is 34.9 Å². The second-order valence-corrected chi connectivity index (χ2v) is 7.33. The predicted molar refractivity (Wildman–Crippen MR) is 85.8 cm³/mol. The van der Waals surface area contributed by atoms with Crippen molar-refractivity contribution in [3.8, 4) is 0 Å². The molecule has 1 heterocycles. The maximum absolute atomic E-state index is 14.1. The molecule has 21 heavy (non-hydrogen) atoms. The molecule has 0 bridgehead atoms. The van der Waals surface area contributed by atoms with Crippen molar-refractivity contribution in [2.24, 2.45) is 0 Å². The largest absolute Gasteiger partial charge is 0.383 e. The van der Waals surface area contributed by atoms with Crippen molar-refractivity contribution in [2.45, 2.75) is 20.1 Å². The van der Waals surface area contributed by atoms with Crippen molar-refractivity contribution in [3.63, 3.8) is 0 Å². The van der Waals surface area contributed by atoms with E-state index >= 15 is 0 Å². The van der Waals surface area contributed by atoms with Crippen molar-refractivity contribution in [1.82, 2.24) is 15.5 Å². The Labute approximate surface area is 135 Å². The summed E-state index contributed by atoms with van der Waals surface area (Å²) in [4.78, 5) is 0.603. The molecule has 1 aromatic carbocycles. The molecule has 4 nitrogen and oxygen atoms in total. The molecule has 8 heteroatoms. The van der Waals surface area contributed by atoms with Gasteiger partial charge in [0.25, 0.3) is 0 Å². The SMILES string of the molecule is COCCNCc1cccc(F)c1Sc1nnc(SC)s1. The third-order valence-electron chi connectivity index (χ3n) is 2.60. The lowest BCUT2D eigenvalue weighted by molar-refractivity contribution is 0.199. The van der Waals surface area contributed by atoms with E-state index in [-0.39, 0.29) is 5.82 Å². The molecule has 1 N–H and O–H groups in total. The van der Waals surface area contributed by atoms with E-state index in [1.165, 1.54) is 40.9 Å². The Hall–Kier alpha value is -0.670. The molecular formula is C13H16FN3OS3. The summed E-state index contributed by atoms with van der Waals surface area (Å²) in [6.07, 6.45) is 1.95. The summed E-state index contributed by atoms with van der Waals surface area (Å²) < 4.78 is 20.7. The number of nitrogens with one attached hydrogen (secondary N) is 1. The van der Waals surface area contributed by atoms with Crippen molar-refractivity contribution < 1.29 is 9.13 Å². The van der Waals surface area contributed by atoms with E-state index in [0.717, 1.165) is 20.8 Å². The van der Waals surface area contributed by atoms with Crippen LogP contribution in [-0.4, -0.2) is 36.7 Å². The van der Waals surface area contributed by atoms with Crippen molar-refractivity contribution in [3.05, 3.63) is 29.6 Å². The Balaban J connectivity index is 2.09. The van der Waals surface area contributed by atoms with Gasteiger partial charge in [-0.2, -0.15) is 0 Å². The van der Waals surface area contributed by atoms with Crippen LogP contribution in [0, 0.1) is 5.82 Å². The standard InChI is InChI=1S/C13H16FN3OS3/c1-18-7-6-15-8-9-4-3-5-10(14)11(9)20-13-17-16-12(19-2)21-13/h3-5,15H,6-8H2,1-2H3. The molecule has 0 saturated carbocycles. The Morgan fingerprint density at radius 2 is 2.14 bits per heavy atom. The number of rotatable bonds is 8. The van der Waals surface area contributed by atoms with Gasteiger partial charge in [0, 0.05) is 20.2 Å². The number of thioether (sulfide) groups is 1. The molecule has 0 radical (unpaired) electrons. The second-order valence-electron chi connectivity index (χ2n) is 4.04. The van der Waals surface area contributed by atoms with Gasteiger partial charge >= 0.3 is 0 Å². The van der Waals surface area contributed by atoms with Crippen LogP contribution >= 0.6 is 34.9 Å². The third kappa shape index (κ3) is 4.93. The summed E-state index contributed by atoms with van der Waals surface area (Å²) in [5.74, 6) is -0.230. The lowest BCUT2D eigenvalue weighted by atomic mass is 10.2. The number of aromatic nitrogens is 2. The van der Waals surface area contributed by atoms with Crippen LogP contribution in [0.5, 0.6) is 0 Å². The number of benzene rings is 1. The molecule has 2 rings (SSSR count). The summed E-state index contributed by atoms with van der Waals surface area (Å²) >= 11 is 4.34. The van der Waals surface area contributed by atoms with Gasteiger partial charge in [0.15, 0.2) is 8.68 Å². The summed E-state index contributed by atoms with van der Waals surface area (Å²) in [6.45, 7) is 1.95. The van der Waals surface area contributed by atoms with Gasteiger partial charge in [-0.15, -0.1) is 10.2 Å². The molecule has 0 atom stereocenters. The quantitative estimate of drug-likeness (QED) is 0.585. The lowest BCUT2D eigenvalue weighted by Crippen LogP contribution is -2.19. The van der Waals surface area contributed by atoms with E-state index < -0.39 is 0 Å². The molecule has 0 saturated heterocycles. The highest BCUT2D eigenvalue weighted by Gasteiger charge is 2.13. The van der Waals surface area contributed by atoms with E-state index in [2.05, 4.69) is 15.5 Å². The van der Waals surface area contributed by atoms with E-state index in [1.54, 1.807) is 13.2 Å². The number of methoxy groups -OCH3 is 1. The Kier molecular flexibility index (Phi) is 6.91. The molecule has 0 spiro atoms. The number of hydrogen-bond acceptors (Lipinski definition) is 7. The minimum Gasteiger partial charge on any atom is -0.383 e. The first-order valence-electron chi connectivity index (χ1n) is 6.27. The van der Waals surface area contributed by atoms with Gasteiger partial charge in [-0.3, -0.25) is 0 Å². The van der Waals surface area contributed by atoms with Crippen LogP contribution in [0.25, 0.3) is 0 Å². The fourth-order valence-corrected chi connectivity index (χ4v) is 4.12. The zero-order valence-electron chi connectivity index (χ0n) is 11.8. The molecule has 0 aliphatic heterocycles. The molecule has 1 aromatic heterocycles. The molecule has 0 unspecified atom stereocenters. The van der Waals surface area contributed by atoms with Gasteiger partial charge in [-0.05, 0) is 17.9 Å². The first-order valence-corrected chi connectivity index (χ1v) is 9.12. The fraction of sp³-hybridized carbons (Fsp3) is 0.385. The van der Waals surface area contributed by atoms with Gasteiger partial charge in [-0.1, -0.05) is 47.0 Å². The van der Waals surface area contributed by atoms with Gasteiger partial charge in [0.05, 0.1) is 11.5 Å². The maximum atomic E-state index is 14.1. The number of hydrogen-bond donors (Lipinski definition) is 1. The monoisotopic (exact) mass is 345 g/mol. The van der Waals surface area contributed by atoms with Crippen LogP contribution in [0.3, 0.4) is 0 Å². The van der Waals surface area contributed by atoms with E-state index in [4.69, 9.17) is 4.74 Å². The predicted octanol–water partition coefficient (Wildman–Crippen LogP) is 3.29. The molecule has 0 aliphatic rings. The minimum absolute atomic E-state index is 0.230. The second kappa shape index (κ2) is 8.70. The lowest BCUT2D eigenvalue weighted by Gasteiger charge is -2.09. The van der Waals surface area contributed by atoms with Gasteiger partial charge in [0.1, 0.15) is 5.82 Å². The van der Waals surface area contributed by atoms with Crippen molar-refractivity contribution in [1.29, 1.82) is 0 Å². The highest BCUT2D eigenvalue weighted by atomic mass is 32.2. The van der Waals surface area contributed by atoms with Gasteiger partial charge in [0.2, 0.25) is 0 Å². The molecule has 0 fully saturated rings. The minimum atomic E-state index is -0.230. The highest BCUT2D eigenvalue weighted by molar-refractivity contribution is 8.03. The Morgan fingerprint density at radius 1 is 1.33 bits per heavy atom. The summed E-state index contributed by atoms with van der Waals surface area (Å²) in [5, 5.41) is 11.3. The third-order valence-corrected chi connectivity index (χ3v) is 5.71. The number of ether oxygens (including phenoxy) is 1. The summed E-state index contributed by atoms with van der Waals surface area (Å²) in [6, 6.07) is 5.11. The van der Waals surface area contributed by atoms with E-state index in [1.807, 2.05) is 12.3 Å². The first-order chi connectivity index (χ1) is 10.2. The average Bonchev–Trinajstić information content (AvgIpc) is 2.94. The molecular weight excluding hydrogens is 329 g/mol. The zero-order valence-corrected chi connectivity index (χ0v) is 14.2. The van der Waals surface area contributed by atoms with Crippen LogP contribution in [0.2, 0.25) is 0 Å². The summed E-state index contributed by atoms with van der Waals surface area (Å²) in [7, 11) is 1.66. The van der Waals surface area contributed by atoms with Crippen molar-refractivity contribution in [2.75, 3.05) is 26.5 Å². The maximum Gasteiger partial charge on any atom is 0.179 e. The Bertz CT molecular complexity index is 580. The smallest absolute Gasteiger partial charge is 0.179 e. The van der Waals surface area contributed by atoms with Crippen LogP contribution in [0.15, 0.2) is 31.8 Å². The van der Waals surface area contributed by atoms with Crippen LogP contribution in [0.1, 0.15) is 5.56 Å². The van der Waals surface area contributed by atoms with E-state index in [0.29, 0.717) is 18.0 Å². The van der Waals surface area contributed by atoms with Gasteiger partial charge in [-0.25, -0.2) is 4.39 Å². The van der Waals surface area contributed by atoms with Crippen LogP contribution in [-0.2, 0) is 11.3 Å².